The summed E-state index contributed by atoms with van der Waals surface area (Å²) in [4.78, 5) is 0. The van der Waals surface area contributed by atoms with Gasteiger partial charge < -0.3 is 14.8 Å². The first-order chi connectivity index (χ1) is 9.81. The lowest BCUT2D eigenvalue weighted by molar-refractivity contribution is 0.00451. The summed E-state index contributed by atoms with van der Waals surface area (Å²) < 4.78 is 11.2. The molecule has 0 spiro atoms. The van der Waals surface area contributed by atoms with Gasteiger partial charge in [0, 0.05) is 17.1 Å². The van der Waals surface area contributed by atoms with Gasteiger partial charge in [0.15, 0.2) is 6.79 Å². The number of hydrogen-bond acceptors (Lipinski definition) is 3. The molecule has 0 saturated heterocycles. The van der Waals surface area contributed by atoms with E-state index in [1.807, 2.05) is 55.6 Å². The Labute approximate surface area is 124 Å². The van der Waals surface area contributed by atoms with Crippen LogP contribution in [0.2, 0.25) is 5.02 Å². The van der Waals surface area contributed by atoms with E-state index in [2.05, 4.69) is 5.32 Å². The molecule has 106 valence electrons. The molecule has 4 heteroatoms. The third-order valence-corrected chi connectivity index (χ3v) is 3.19. The van der Waals surface area contributed by atoms with Crippen molar-refractivity contribution in [1.29, 1.82) is 0 Å². The molecule has 2 rings (SSSR count). The highest BCUT2D eigenvalue weighted by atomic mass is 35.5. The van der Waals surface area contributed by atoms with Crippen LogP contribution in [0.4, 0.5) is 0 Å². The summed E-state index contributed by atoms with van der Waals surface area (Å²) in [6, 6.07) is 15.6. The zero-order valence-electron chi connectivity index (χ0n) is 11.4. The van der Waals surface area contributed by atoms with Crippen LogP contribution in [-0.4, -0.2) is 13.8 Å². The lowest BCUT2D eigenvalue weighted by Crippen LogP contribution is -2.10. The summed E-state index contributed by atoms with van der Waals surface area (Å²) in [5.74, 6) is 0.750. The lowest BCUT2D eigenvalue weighted by Gasteiger charge is -2.13. The van der Waals surface area contributed by atoms with E-state index in [1.165, 1.54) is 0 Å². The molecule has 0 amide bonds. The molecule has 0 aromatic heterocycles. The minimum Gasteiger partial charge on any atom is -0.467 e. The summed E-state index contributed by atoms with van der Waals surface area (Å²) in [5.41, 5.74) is 2.07. The van der Waals surface area contributed by atoms with Crippen LogP contribution in [0.15, 0.2) is 48.5 Å². The Balaban J connectivity index is 1.86. The Morgan fingerprint density at radius 1 is 1.05 bits per heavy atom. The van der Waals surface area contributed by atoms with Crippen molar-refractivity contribution in [3.05, 3.63) is 64.7 Å². The fourth-order valence-corrected chi connectivity index (χ4v) is 2.09. The quantitative estimate of drug-likeness (QED) is 0.624. The van der Waals surface area contributed by atoms with Gasteiger partial charge in [0.2, 0.25) is 0 Å². The van der Waals surface area contributed by atoms with Crippen LogP contribution in [0.5, 0.6) is 5.75 Å². The first kappa shape index (κ1) is 14.9. The molecular formula is C16H18ClNO2. The number of hydrogen-bond donors (Lipinski definition) is 1. The Bertz CT molecular complexity index is 531. The van der Waals surface area contributed by atoms with Gasteiger partial charge in [-0.25, -0.2) is 0 Å². The molecule has 0 atom stereocenters. The molecule has 0 aliphatic carbocycles. The minimum absolute atomic E-state index is 0.200. The first-order valence-electron chi connectivity index (χ1n) is 6.47. The Morgan fingerprint density at radius 3 is 2.60 bits per heavy atom. The molecule has 0 fully saturated rings. The summed E-state index contributed by atoms with van der Waals surface area (Å²) in [5, 5.41) is 3.77. The minimum atomic E-state index is 0.200. The van der Waals surface area contributed by atoms with Gasteiger partial charge in [-0.3, -0.25) is 0 Å². The second-order valence-corrected chi connectivity index (χ2v) is 4.75. The Kier molecular flexibility index (Phi) is 5.87. The molecule has 0 bridgehead atoms. The van der Waals surface area contributed by atoms with Crippen LogP contribution in [0.3, 0.4) is 0 Å². The lowest BCUT2D eigenvalue weighted by atomic mass is 10.2. The van der Waals surface area contributed by atoms with Gasteiger partial charge in [0.1, 0.15) is 5.75 Å². The summed E-state index contributed by atoms with van der Waals surface area (Å²) >= 11 is 6.16. The predicted molar refractivity (Wildman–Crippen MR) is 80.9 cm³/mol. The van der Waals surface area contributed by atoms with Gasteiger partial charge in [0.25, 0.3) is 0 Å². The number of halogens is 1. The van der Waals surface area contributed by atoms with Gasteiger partial charge in [-0.05, 0) is 24.7 Å². The van der Waals surface area contributed by atoms with Crippen molar-refractivity contribution in [2.24, 2.45) is 0 Å². The van der Waals surface area contributed by atoms with Gasteiger partial charge >= 0.3 is 0 Å². The molecule has 2 aromatic carbocycles. The fourth-order valence-electron chi connectivity index (χ4n) is 1.86. The van der Waals surface area contributed by atoms with E-state index in [0.717, 1.165) is 16.9 Å². The molecule has 2 aromatic rings. The van der Waals surface area contributed by atoms with E-state index in [9.17, 15) is 0 Å². The smallest absolute Gasteiger partial charge is 0.189 e. The molecule has 20 heavy (non-hydrogen) atoms. The monoisotopic (exact) mass is 291 g/mol. The van der Waals surface area contributed by atoms with Crippen molar-refractivity contribution < 1.29 is 9.47 Å². The van der Waals surface area contributed by atoms with Crippen molar-refractivity contribution in [2.45, 2.75) is 13.2 Å². The predicted octanol–water partition coefficient (Wildman–Crippen LogP) is 3.61. The SMILES string of the molecule is CNCc1c(Cl)cccc1OCOCc1ccccc1. The molecule has 1 N–H and O–H groups in total. The first-order valence-corrected chi connectivity index (χ1v) is 6.85. The van der Waals surface area contributed by atoms with Crippen LogP contribution in [0, 0.1) is 0 Å². The normalized spacial score (nSPS) is 10.5. The molecule has 0 aliphatic heterocycles. The van der Waals surface area contributed by atoms with E-state index < -0.39 is 0 Å². The highest BCUT2D eigenvalue weighted by Gasteiger charge is 2.07. The second kappa shape index (κ2) is 7.90. The number of rotatable bonds is 7. The molecule has 3 nitrogen and oxygen atoms in total. The highest BCUT2D eigenvalue weighted by Crippen LogP contribution is 2.26. The second-order valence-electron chi connectivity index (χ2n) is 4.34. The average Bonchev–Trinajstić information content (AvgIpc) is 2.48. The zero-order valence-corrected chi connectivity index (χ0v) is 12.2. The van der Waals surface area contributed by atoms with Crippen LogP contribution < -0.4 is 10.1 Å². The molecular weight excluding hydrogens is 274 g/mol. The third kappa shape index (κ3) is 4.23. The van der Waals surface area contributed by atoms with Crippen molar-refractivity contribution in [3.8, 4) is 5.75 Å². The molecule has 0 radical (unpaired) electrons. The van der Waals surface area contributed by atoms with Crippen LogP contribution in [0.1, 0.15) is 11.1 Å². The van der Waals surface area contributed by atoms with E-state index in [4.69, 9.17) is 21.1 Å². The van der Waals surface area contributed by atoms with Crippen LogP contribution >= 0.6 is 11.6 Å². The van der Waals surface area contributed by atoms with Gasteiger partial charge in [0.05, 0.1) is 6.61 Å². The van der Waals surface area contributed by atoms with Crippen molar-refractivity contribution in [1.82, 2.24) is 5.32 Å². The third-order valence-electron chi connectivity index (χ3n) is 2.84. The summed E-state index contributed by atoms with van der Waals surface area (Å²) in [6.45, 7) is 1.39. The average molecular weight is 292 g/mol. The molecule has 0 heterocycles. The topological polar surface area (TPSA) is 30.5 Å². The van der Waals surface area contributed by atoms with Gasteiger partial charge in [-0.2, -0.15) is 0 Å². The maximum Gasteiger partial charge on any atom is 0.189 e. The van der Waals surface area contributed by atoms with Gasteiger partial charge in [-0.15, -0.1) is 0 Å². The van der Waals surface area contributed by atoms with E-state index >= 15 is 0 Å². The largest absolute Gasteiger partial charge is 0.467 e. The zero-order chi connectivity index (χ0) is 14.2. The Hall–Kier alpha value is -1.55. The maximum atomic E-state index is 6.16. The highest BCUT2D eigenvalue weighted by molar-refractivity contribution is 6.31. The number of ether oxygens (including phenoxy) is 2. The molecule has 0 unspecified atom stereocenters. The number of nitrogens with one attached hydrogen (secondary N) is 1. The summed E-state index contributed by atoms with van der Waals surface area (Å²) in [7, 11) is 1.87. The van der Waals surface area contributed by atoms with Crippen molar-refractivity contribution >= 4 is 11.6 Å². The molecule has 0 saturated carbocycles. The van der Waals surface area contributed by atoms with E-state index in [-0.39, 0.29) is 6.79 Å². The standard InChI is InChI=1S/C16H18ClNO2/c1-18-10-14-15(17)8-5-9-16(14)20-12-19-11-13-6-3-2-4-7-13/h2-9,18H,10-12H2,1H3. The number of benzene rings is 2. The fraction of sp³-hybridized carbons (Fsp3) is 0.250. The van der Waals surface area contributed by atoms with Crippen molar-refractivity contribution in [3.63, 3.8) is 0 Å². The summed E-state index contributed by atoms with van der Waals surface area (Å²) in [6.07, 6.45) is 0. The Morgan fingerprint density at radius 2 is 1.85 bits per heavy atom. The maximum absolute atomic E-state index is 6.16. The molecule has 0 aliphatic rings. The van der Waals surface area contributed by atoms with Crippen molar-refractivity contribution in [2.75, 3.05) is 13.8 Å². The van der Waals surface area contributed by atoms with Gasteiger partial charge in [-0.1, -0.05) is 48.0 Å². The van der Waals surface area contributed by atoms with Crippen LogP contribution in [-0.2, 0) is 17.9 Å². The van der Waals surface area contributed by atoms with E-state index in [0.29, 0.717) is 18.2 Å². The van der Waals surface area contributed by atoms with E-state index in [1.54, 1.807) is 0 Å². The van der Waals surface area contributed by atoms with Crippen LogP contribution in [0.25, 0.3) is 0 Å².